The number of hydrogen-bond acceptors (Lipinski definition) is 5. The van der Waals surface area contributed by atoms with Crippen LogP contribution >= 0.6 is 11.6 Å². The van der Waals surface area contributed by atoms with Crippen LogP contribution in [0.2, 0.25) is 5.15 Å². The lowest BCUT2D eigenvalue weighted by molar-refractivity contribution is 0.636. The van der Waals surface area contributed by atoms with Gasteiger partial charge in [0.25, 0.3) is 5.56 Å². The third-order valence-corrected chi connectivity index (χ3v) is 5.62. The zero-order valence-electron chi connectivity index (χ0n) is 15.5. The molecule has 1 fully saturated rings. The molecular formula is C20H19ClN6O. The fourth-order valence-corrected chi connectivity index (χ4v) is 4.05. The largest absolute Gasteiger partial charge is 0.361 e. The topological polar surface area (TPSA) is 88.5 Å². The zero-order valence-corrected chi connectivity index (χ0v) is 16.3. The quantitative estimate of drug-likeness (QED) is 0.543. The van der Waals surface area contributed by atoms with Crippen molar-refractivity contribution < 1.29 is 0 Å². The fourth-order valence-electron chi connectivity index (χ4n) is 3.82. The summed E-state index contributed by atoms with van der Waals surface area (Å²) in [6.45, 7) is 4.01. The average molecular weight is 395 g/mol. The number of aromatic amines is 1. The SMILES string of the molecule is Cc1cccc2cc([C@H](C)Nc3ncnc4[nH]nc(Cl)c34)n(C3CC3)c(=O)c12. The second-order valence-corrected chi connectivity index (χ2v) is 7.70. The summed E-state index contributed by atoms with van der Waals surface area (Å²) in [5, 5.41) is 12.9. The molecule has 0 spiro atoms. The van der Waals surface area contributed by atoms with Crippen molar-refractivity contribution in [1.29, 1.82) is 0 Å². The molecule has 142 valence electrons. The Kier molecular flexibility index (Phi) is 3.87. The molecule has 1 saturated carbocycles. The van der Waals surface area contributed by atoms with E-state index in [9.17, 15) is 4.79 Å². The molecule has 0 unspecified atom stereocenters. The Balaban J connectivity index is 1.65. The van der Waals surface area contributed by atoms with Gasteiger partial charge in [0.15, 0.2) is 10.8 Å². The lowest BCUT2D eigenvalue weighted by atomic mass is 10.0. The van der Waals surface area contributed by atoms with Gasteiger partial charge in [0, 0.05) is 11.7 Å². The number of hydrogen-bond donors (Lipinski definition) is 2. The van der Waals surface area contributed by atoms with E-state index in [1.165, 1.54) is 6.33 Å². The van der Waals surface area contributed by atoms with Crippen molar-refractivity contribution in [3.8, 4) is 0 Å². The third kappa shape index (κ3) is 2.65. The average Bonchev–Trinajstić information content (AvgIpc) is 3.44. The molecule has 1 aliphatic rings. The predicted octanol–water partition coefficient (Wildman–Crippen LogP) is 4.14. The van der Waals surface area contributed by atoms with E-state index in [1.807, 2.05) is 36.6 Å². The number of nitrogens with one attached hydrogen (secondary N) is 2. The smallest absolute Gasteiger partial charge is 0.259 e. The van der Waals surface area contributed by atoms with Gasteiger partial charge in [-0.1, -0.05) is 29.8 Å². The van der Waals surface area contributed by atoms with Gasteiger partial charge in [-0.15, -0.1) is 0 Å². The lowest BCUT2D eigenvalue weighted by Crippen LogP contribution is -2.26. The third-order valence-electron chi connectivity index (χ3n) is 5.34. The Labute approximate surface area is 165 Å². The van der Waals surface area contributed by atoms with Gasteiger partial charge in [-0.2, -0.15) is 5.10 Å². The van der Waals surface area contributed by atoms with Crippen LogP contribution in [-0.2, 0) is 0 Å². The zero-order chi connectivity index (χ0) is 19.4. The lowest BCUT2D eigenvalue weighted by Gasteiger charge is -2.21. The molecule has 0 saturated heterocycles. The van der Waals surface area contributed by atoms with Crippen LogP contribution in [0.4, 0.5) is 5.82 Å². The Hall–Kier alpha value is -2.93. The van der Waals surface area contributed by atoms with Crippen LogP contribution in [0.25, 0.3) is 21.8 Å². The maximum absolute atomic E-state index is 13.3. The normalized spacial score (nSPS) is 15.2. The van der Waals surface area contributed by atoms with Crippen LogP contribution in [-0.4, -0.2) is 24.7 Å². The first-order valence-electron chi connectivity index (χ1n) is 9.30. The van der Waals surface area contributed by atoms with Crippen molar-refractivity contribution >= 4 is 39.2 Å². The molecule has 1 aromatic carbocycles. The minimum atomic E-state index is -0.151. The van der Waals surface area contributed by atoms with Crippen LogP contribution in [0.1, 0.15) is 43.1 Å². The van der Waals surface area contributed by atoms with E-state index in [4.69, 9.17) is 11.6 Å². The van der Waals surface area contributed by atoms with Crippen LogP contribution in [0, 0.1) is 6.92 Å². The van der Waals surface area contributed by atoms with Gasteiger partial charge in [0.1, 0.15) is 17.5 Å². The summed E-state index contributed by atoms with van der Waals surface area (Å²) in [6, 6.07) is 8.18. The minimum absolute atomic E-state index is 0.0796. The molecule has 1 atom stereocenters. The Morgan fingerprint density at radius 2 is 2.11 bits per heavy atom. The molecule has 3 aromatic heterocycles. The monoisotopic (exact) mass is 394 g/mol. The molecule has 4 aromatic rings. The van der Waals surface area contributed by atoms with Gasteiger partial charge < -0.3 is 9.88 Å². The van der Waals surface area contributed by atoms with Gasteiger partial charge in [0.05, 0.1) is 11.4 Å². The van der Waals surface area contributed by atoms with E-state index in [0.29, 0.717) is 22.0 Å². The molecule has 1 aliphatic carbocycles. The fraction of sp³-hybridized carbons (Fsp3) is 0.300. The van der Waals surface area contributed by atoms with E-state index >= 15 is 0 Å². The second kappa shape index (κ2) is 6.31. The summed E-state index contributed by atoms with van der Waals surface area (Å²) < 4.78 is 1.95. The van der Waals surface area contributed by atoms with Crippen molar-refractivity contribution in [3.63, 3.8) is 0 Å². The molecule has 5 rings (SSSR count). The van der Waals surface area contributed by atoms with E-state index in [2.05, 4.69) is 31.5 Å². The Morgan fingerprint density at radius 1 is 1.29 bits per heavy atom. The molecule has 3 heterocycles. The van der Waals surface area contributed by atoms with Gasteiger partial charge in [-0.25, -0.2) is 9.97 Å². The molecule has 8 heteroatoms. The Bertz CT molecular complexity index is 1270. The highest BCUT2D eigenvalue weighted by Crippen LogP contribution is 2.37. The molecule has 0 radical (unpaired) electrons. The number of aryl methyl sites for hydroxylation is 1. The maximum Gasteiger partial charge on any atom is 0.259 e. The van der Waals surface area contributed by atoms with Crippen LogP contribution in [0.3, 0.4) is 0 Å². The summed E-state index contributed by atoms with van der Waals surface area (Å²) in [5.41, 5.74) is 2.60. The standard InChI is InChI=1S/C20H19ClN6O/c1-10-4-3-5-12-8-14(27(13-6-7-13)20(28)15(10)12)11(2)24-18-16-17(21)25-26-19(16)23-9-22-18/h3-5,8-9,11,13H,6-7H2,1-2H3,(H2,22,23,24,25,26)/t11-/m0/s1. The predicted molar refractivity (Wildman–Crippen MR) is 110 cm³/mol. The van der Waals surface area contributed by atoms with E-state index in [0.717, 1.165) is 34.9 Å². The number of nitrogens with zero attached hydrogens (tertiary/aromatic N) is 4. The molecule has 0 aliphatic heterocycles. The summed E-state index contributed by atoms with van der Waals surface area (Å²) in [4.78, 5) is 21.8. The molecule has 2 N–H and O–H groups in total. The summed E-state index contributed by atoms with van der Waals surface area (Å²) in [5.74, 6) is 0.593. The van der Waals surface area contributed by atoms with Gasteiger partial charge in [-0.05, 0) is 43.7 Å². The van der Waals surface area contributed by atoms with E-state index in [-0.39, 0.29) is 17.6 Å². The molecule has 0 amide bonds. The second-order valence-electron chi connectivity index (χ2n) is 7.34. The number of pyridine rings is 1. The van der Waals surface area contributed by atoms with Crippen LogP contribution in [0.5, 0.6) is 0 Å². The molecule has 7 nitrogen and oxygen atoms in total. The highest BCUT2D eigenvalue weighted by Gasteiger charge is 2.29. The van der Waals surface area contributed by atoms with E-state index < -0.39 is 0 Å². The molecule has 28 heavy (non-hydrogen) atoms. The molecular weight excluding hydrogens is 376 g/mol. The van der Waals surface area contributed by atoms with E-state index in [1.54, 1.807) is 0 Å². The maximum atomic E-state index is 13.3. The molecule has 0 bridgehead atoms. The number of halogens is 1. The van der Waals surface area contributed by atoms with Crippen molar-refractivity contribution in [3.05, 3.63) is 57.4 Å². The first-order valence-corrected chi connectivity index (χ1v) is 9.68. The van der Waals surface area contributed by atoms with Gasteiger partial charge in [-0.3, -0.25) is 9.89 Å². The first kappa shape index (κ1) is 17.2. The van der Waals surface area contributed by atoms with Crippen molar-refractivity contribution in [2.75, 3.05) is 5.32 Å². The number of benzene rings is 1. The number of H-pyrrole nitrogens is 1. The van der Waals surface area contributed by atoms with Crippen LogP contribution in [0.15, 0.2) is 35.4 Å². The number of rotatable bonds is 4. The van der Waals surface area contributed by atoms with Gasteiger partial charge in [0.2, 0.25) is 0 Å². The van der Waals surface area contributed by atoms with Crippen molar-refractivity contribution in [1.82, 2.24) is 24.7 Å². The van der Waals surface area contributed by atoms with Crippen molar-refractivity contribution in [2.24, 2.45) is 0 Å². The summed E-state index contributed by atoms with van der Waals surface area (Å²) >= 11 is 6.20. The Morgan fingerprint density at radius 3 is 2.89 bits per heavy atom. The van der Waals surface area contributed by atoms with Gasteiger partial charge >= 0.3 is 0 Å². The minimum Gasteiger partial charge on any atom is -0.361 e. The van der Waals surface area contributed by atoms with Crippen molar-refractivity contribution in [2.45, 2.75) is 38.8 Å². The number of fused-ring (bicyclic) bond motifs is 2. The summed E-state index contributed by atoms with van der Waals surface area (Å²) in [7, 11) is 0. The highest BCUT2D eigenvalue weighted by atomic mass is 35.5. The number of anilines is 1. The first-order chi connectivity index (χ1) is 13.5. The summed E-state index contributed by atoms with van der Waals surface area (Å²) in [6.07, 6.45) is 3.52. The van der Waals surface area contributed by atoms with Crippen LogP contribution < -0.4 is 10.9 Å². The number of aromatic nitrogens is 5. The highest BCUT2D eigenvalue weighted by molar-refractivity contribution is 6.35.